The summed E-state index contributed by atoms with van der Waals surface area (Å²) in [5.74, 6) is 0. The van der Waals surface area contributed by atoms with E-state index < -0.39 is 0 Å². The van der Waals surface area contributed by atoms with Gasteiger partial charge in [-0.1, -0.05) is 0 Å². The Kier molecular flexibility index (Phi) is 27.7. The van der Waals surface area contributed by atoms with Gasteiger partial charge in [-0.05, 0) is 0 Å². The predicted octanol–water partition coefficient (Wildman–Crippen LogP) is -5.60. The minimum absolute atomic E-state index is 0. The molecule has 5 nitrogen and oxygen atoms in total. The number of ether oxygens (including phenoxy) is 1. The third-order valence-electron chi connectivity index (χ3n) is 0.846. The van der Waals surface area contributed by atoms with E-state index in [2.05, 4.69) is 5.32 Å². The third kappa shape index (κ3) is 18.1. The summed E-state index contributed by atoms with van der Waals surface area (Å²) in [7, 11) is 0. The predicted molar refractivity (Wildman–Crippen MR) is 38.6 cm³/mol. The van der Waals surface area contributed by atoms with Crippen LogP contribution < -0.4 is 34.9 Å². The summed E-state index contributed by atoms with van der Waals surface area (Å²) >= 11 is 0. The fraction of sp³-hybridized carbons (Fsp3) is 1.00. The monoisotopic (exact) mass is 174 g/mol. The van der Waals surface area contributed by atoms with Gasteiger partial charge < -0.3 is 27.0 Å². The van der Waals surface area contributed by atoms with Crippen LogP contribution >= 0.6 is 0 Å². The van der Waals surface area contributed by atoms with Crippen LogP contribution in [0.4, 0.5) is 0 Å². The summed E-state index contributed by atoms with van der Waals surface area (Å²) in [5.41, 5.74) is 0. The number of rotatable bonds is 0. The molecule has 1 heterocycles. The van der Waals surface area contributed by atoms with Gasteiger partial charge in [0, 0.05) is 13.1 Å². The molecule has 1 aliphatic rings. The average Bonchev–Trinajstić information content (AvgIpc) is 1.93. The van der Waals surface area contributed by atoms with Gasteiger partial charge >= 0.3 is 37.2 Å². The van der Waals surface area contributed by atoms with Crippen molar-refractivity contribution in [3.63, 3.8) is 0 Å². The van der Waals surface area contributed by atoms with Gasteiger partial charge in [-0.2, -0.15) is 0 Å². The molecule has 7 heteroatoms. The van der Waals surface area contributed by atoms with Crippen molar-refractivity contribution in [2.24, 2.45) is 0 Å². The molecule has 0 amide bonds. The first-order valence-corrected chi connectivity index (χ1v) is 2.80. The summed E-state index contributed by atoms with van der Waals surface area (Å²) in [5, 5.41) is 17.2. The molecule has 0 aliphatic carbocycles. The minimum atomic E-state index is 0. The van der Waals surface area contributed by atoms with Crippen molar-refractivity contribution in [1.29, 1.82) is 0 Å². The SMILES string of the molecule is C1COCCN1.O.O[B]O.[H-].[Na+]. The van der Waals surface area contributed by atoms with Crippen LogP contribution in [0, 0.1) is 0 Å². The van der Waals surface area contributed by atoms with Gasteiger partial charge in [-0.3, -0.25) is 0 Å². The Morgan fingerprint density at radius 1 is 1.27 bits per heavy atom. The van der Waals surface area contributed by atoms with E-state index in [0.717, 1.165) is 26.3 Å². The maximum Gasteiger partial charge on any atom is 1.00 e. The molecule has 1 aliphatic heterocycles. The van der Waals surface area contributed by atoms with Crippen LogP contribution in [0.2, 0.25) is 0 Å². The van der Waals surface area contributed by atoms with E-state index in [4.69, 9.17) is 14.8 Å². The second kappa shape index (κ2) is 17.1. The molecular formula is C4H14BNNaO4. The Morgan fingerprint density at radius 3 is 1.73 bits per heavy atom. The van der Waals surface area contributed by atoms with Gasteiger partial charge in [0.15, 0.2) is 0 Å². The van der Waals surface area contributed by atoms with Gasteiger partial charge in [0.05, 0.1) is 13.2 Å². The molecule has 1 radical (unpaired) electrons. The van der Waals surface area contributed by atoms with Gasteiger partial charge in [-0.15, -0.1) is 0 Å². The van der Waals surface area contributed by atoms with Gasteiger partial charge in [-0.25, -0.2) is 0 Å². The molecule has 1 fully saturated rings. The molecule has 1 rings (SSSR count). The Hall–Kier alpha value is 0.865. The Balaban J connectivity index is -0.0000000489. The quantitative estimate of drug-likeness (QED) is 0.319. The second-order valence-electron chi connectivity index (χ2n) is 1.48. The second-order valence-corrected chi connectivity index (χ2v) is 1.48. The zero-order valence-electron chi connectivity index (χ0n) is 7.71. The zero-order valence-corrected chi connectivity index (χ0v) is 8.71. The van der Waals surface area contributed by atoms with Crippen molar-refractivity contribution < 1.29 is 51.2 Å². The van der Waals surface area contributed by atoms with Crippen LogP contribution in [0.5, 0.6) is 0 Å². The van der Waals surface area contributed by atoms with Crippen LogP contribution in [0.1, 0.15) is 1.43 Å². The number of hydrogen-bond donors (Lipinski definition) is 3. The standard InChI is InChI=1S/C4H9NO.BH2O2.Na.H2O.H/c1-3-6-4-2-5-1;2-1-3;;;/h5H,1-4H2;2-3H;;1H2;/q;;+1;;-1. The maximum absolute atomic E-state index is 7.00. The molecule has 0 unspecified atom stereocenters. The third-order valence-corrected chi connectivity index (χ3v) is 0.846. The molecule has 0 atom stereocenters. The van der Waals surface area contributed by atoms with Crippen molar-refractivity contribution in [1.82, 2.24) is 5.32 Å². The molecule has 0 bridgehead atoms. The first-order chi connectivity index (χ1) is 4.41. The van der Waals surface area contributed by atoms with Gasteiger partial charge in [0.25, 0.3) is 0 Å². The van der Waals surface area contributed by atoms with Crippen LogP contribution in [0.25, 0.3) is 0 Å². The fourth-order valence-corrected chi connectivity index (χ4v) is 0.516. The Morgan fingerprint density at radius 2 is 1.64 bits per heavy atom. The van der Waals surface area contributed by atoms with E-state index >= 15 is 0 Å². The maximum atomic E-state index is 7.00. The molecule has 5 N–H and O–H groups in total. The zero-order chi connectivity index (χ0) is 6.95. The summed E-state index contributed by atoms with van der Waals surface area (Å²) in [4.78, 5) is 0. The number of nitrogens with one attached hydrogen (secondary N) is 1. The minimum Gasteiger partial charge on any atom is -1.00 e. The smallest absolute Gasteiger partial charge is 1.00 e. The average molecular weight is 174 g/mol. The fourth-order valence-electron chi connectivity index (χ4n) is 0.516. The summed E-state index contributed by atoms with van der Waals surface area (Å²) in [6.45, 7) is 3.83. The van der Waals surface area contributed by atoms with Crippen LogP contribution in [-0.4, -0.2) is 49.5 Å². The first kappa shape index (κ1) is 17.8. The van der Waals surface area contributed by atoms with Gasteiger partial charge in [0.1, 0.15) is 0 Å². The summed E-state index contributed by atoms with van der Waals surface area (Å²) in [6.07, 6.45) is 0. The molecule has 1 saturated heterocycles. The van der Waals surface area contributed by atoms with Crippen LogP contribution in [-0.2, 0) is 4.74 Å². The molecule has 0 aromatic heterocycles. The van der Waals surface area contributed by atoms with E-state index in [1.54, 1.807) is 0 Å². The summed E-state index contributed by atoms with van der Waals surface area (Å²) < 4.78 is 5.01. The number of hydrogen-bond acceptors (Lipinski definition) is 4. The van der Waals surface area contributed by atoms with E-state index in [1.165, 1.54) is 0 Å². The molecule has 0 aromatic rings. The molecular weight excluding hydrogens is 160 g/mol. The van der Waals surface area contributed by atoms with Crippen molar-refractivity contribution in [2.75, 3.05) is 26.3 Å². The van der Waals surface area contributed by atoms with Crippen molar-refractivity contribution in [3.05, 3.63) is 0 Å². The Bertz CT molecular complexity index is 50.8. The van der Waals surface area contributed by atoms with E-state index in [-0.39, 0.29) is 44.1 Å². The van der Waals surface area contributed by atoms with Crippen LogP contribution in [0.15, 0.2) is 0 Å². The number of morpholine rings is 1. The Labute approximate surface area is 90.5 Å². The van der Waals surface area contributed by atoms with Crippen LogP contribution in [0.3, 0.4) is 0 Å². The van der Waals surface area contributed by atoms with Crippen molar-refractivity contribution in [3.8, 4) is 0 Å². The normalized spacial score (nSPS) is 14.4. The molecule has 63 valence electrons. The van der Waals surface area contributed by atoms with Gasteiger partial charge in [0.2, 0.25) is 0 Å². The molecule has 11 heavy (non-hydrogen) atoms. The molecule has 0 saturated carbocycles. The first-order valence-electron chi connectivity index (χ1n) is 2.80. The molecule has 0 spiro atoms. The topological polar surface area (TPSA) is 93.2 Å². The van der Waals surface area contributed by atoms with Crippen molar-refractivity contribution >= 4 is 7.69 Å². The van der Waals surface area contributed by atoms with Crippen molar-refractivity contribution in [2.45, 2.75) is 0 Å². The van der Waals surface area contributed by atoms with E-state index in [9.17, 15) is 0 Å². The van der Waals surface area contributed by atoms with E-state index in [0.29, 0.717) is 0 Å². The molecule has 0 aromatic carbocycles. The largest absolute Gasteiger partial charge is 1.00 e. The summed E-state index contributed by atoms with van der Waals surface area (Å²) in [6, 6.07) is 0. The van der Waals surface area contributed by atoms with E-state index in [1.807, 2.05) is 0 Å².